The number of carboxylic acid groups (broad SMARTS) is 1. The summed E-state index contributed by atoms with van der Waals surface area (Å²) in [4.78, 5) is 10.6. The highest BCUT2D eigenvalue weighted by atomic mass is 32.2. The van der Waals surface area contributed by atoms with Gasteiger partial charge in [-0.1, -0.05) is 5.21 Å². The monoisotopic (exact) mass is 260 g/mol. The first kappa shape index (κ1) is 12.0. The molecule has 1 aromatic rings. The average molecular weight is 260 g/mol. The summed E-state index contributed by atoms with van der Waals surface area (Å²) in [6.07, 6.45) is 1.92. The maximum Gasteiger partial charge on any atom is 0.358 e. The van der Waals surface area contributed by atoms with Crippen molar-refractivity contribution in [1.82, 2.24) is 19.3 Å². The summed E-state index contributed by atoms with van der Waals surface area (Å²) in [6, 6.07) is 0. The van der Waals surface area contributed by atoms with Gasteiger partial charge in [-0.15, -0.1) is 5.10 Å². The first-order valence-electron chi connectivity index (χ1n) is 5.10. The Morgan fingerprint density at radius 2 is 2.24 bits per heavy atom. The zero-order valence-electron chi connectivity index (χ0n) is 8.98. The van der Waals surface area contributed by atoms with Crippen LogP contribution in [0.3, 0.4) is 0 Å². The number of carboxylic acids is 1. The molecule has 0 spiro atoms. The maximum absolute atomic E-state index is 11.5. The molecule has 0 saturated carbocycles. The highest BCUT2D eigenvalue weighted by molar-refractivity contribution is 7.89. The molecule has 0 aliphatic carbocycles. The van der Waals surface area contributed by atoms with Gasteiger partial charge in [0.05, 0.1) is 18.5 Å². The molecule has 8 nitrogen and oxygen atoms in total. The SMILES string of the molecule is O=C(O)c1cn(CCN2CCCS2(=O)=O)nn1. The van der Waals surface area contributed by atoms with Crippen molar-refractivity contribution in [2.45, 2.75) is 13.0 Å². The Morgan fingerprint density at radius 3 is 2.76 bits per heavy atom. The van der Waals surface area contributed by atoms with Crippen molar-refractivity contribution < 1.29 is 18.3 Å². The largest absolute Gasteiger partial charge is 0.476 e. The lowest BCUT2D eigenvalue weighted by molar-refractivity contribution is 0.0690. The van der Waals surface area contributed by atoms with Gasteiger partial charge in [-0.25, -0.2) is 17.5 Å². The van der Waals surface area contributed by atoms with Crippen molar-refractivity contribution in [2.75, 3.05) is 18.8 Å². The van der Waals surface area contributed by atoms with Gasteiger partial charge in [0.1, 0.15) is 0 Å². The molecule has 0 unspecified atom stereocenters. The van der Waals surface area contributed by atoms with E-state index in [1.165, 1.54) is 15.2 Å². The van der Waals surface area contributed by atoms with E-state index in [9.17, 15) is 13.2 Å². The van der Waals surface area contributed by atoms with Crippen molar-refractivity contribution in [3.63, 3.8) is 0 Å². The molecule has 0 amide bonds. The number of sulfonamides is 1. The van der Waals surface area contributed by atoms with E-state index in [1.807, 2.05) is 0 Å². The third kappa shape index (κ3) is 2.61. The number of nitrogens with zero attached hydrogens (tertiary/aromatic N) is 4. The lowest BCUT2D eigenvalue weighted by Crippen LogP contribution is -2.29. The van der Waals surface area contributed by atoms with Crippen LogP contribution in [-0.2, 0) is 16.6 Å². The average Bonchev–Trinajstić information content (AvgIpc) is 2.81. The summed E-state index contributed by atoms with van der Waals surface area (Å²) in [5.74, 6) is -0.963. The molecule has 9 heteroatoms. The number of hydrogen-bond acceptors (Lipinski definition) is 5. The Balaban J connectivity index is 1.96. The van der Waals surface area contributed by atoms with Crippen LogP contribution in [0.15, 0.2) is 6.20 Å². The van der Waals surface area contributed by atoms with Crippen LogP contribution in [0.25, 0.3) is 0 Å². The van der Waals surface area contributed by atoms with Gasteiger partial charge in [-0.2, -0.15) is 0 Å². The summed E-state index contributed by atoms with van der Waals surface area (Å²) in [5, 5.41) is 15.7. The predicted octanol–water partition coefficient (Wildman–Crippen LogP) is -0.988. The molecular formula is C8H12N4O4S. The molecule has 17 heavy (non-hydrogen) atoms. The standard InChI is InChI=1S/C8H12N4O4S/c13-8(14)7-6-11(10-9-7)3-4-12-2-1-5-17(12,15)16/h6H,1-5H2,(H,13,14). The molecule has 0 atom stereocenters. The number of hydrogen-bond donors (Lipinski definition) is 1. The quantitative estimate of drug-likeness (QED) is 0.745. The van der Waals surface area contributed by atoms with Gasteiger partial charge in [-0.3, -0.25) is 4.68 Å². The van der Waals surface area contributed by atoms with Crippen LogP contribution in [0.2, 0.25) is 0 Å². The normalized spacial score (nSPS) is 19.5. The fraction of sp³-hybridized carbons (Fsp3) is 0.625. The minimum absolute atomic E-state index is 0.144. The van der Waals surface area contributed by atoms with Crippen molar-refractivity contribution in [3.8, 4) is 0 Å². The molecule has 94 valence electrons. The predicted molar refractivity (Wildman–Crippen MR) is 57.0 cm³/mol. The number of carbonyl (C=O) groups is 1. The Hall–Kier alpha value is -1.48. The van der Waals surface area contributed by atoms with Crippen molar-refractivity contribution in [2.24, 2.45) is 0 Å². The zero-order chi connectivity index (χ0) is 12.5. The van der Waals surface area contributed by atoms with E-state index in [0.717, 1.165) is 0 Å². The molecule has 1 aliphatic rings. The van der Waals surface area contributed by atoms with Crippen LogP contribution in [-0.4, -0.2) is 57.6 Å². The summed E-state index contributed by atoms with van der Waals surface area (Å²) >= 11 is 0. The summed E-state index contributed by atoms with van der Waals surface area (Å²) in [5.41, 5.74) is -0.144. The maximum atomic E-state index is 11.5. The smallest absolute Gasteiger partial charge is 0.358 e. The molecular weight excluding hydrogens is 248 g/mol. The summed E-state index contributed by atoms with van der Waals surface area (Å²) in [7, 11) is -3.11. The number of rotatable bonds is 4. The minimum Gasteiger partial charge on any atom is -0.476 e. The van der Waals surface area contributed by atoms with E-state index < -0.39 is 16.0 Å². The Bertz CT molecular complexity index is 523. The highest BCUT2D eigenvalue weighted by Gasteiger charge is 2.27. The molecule has 1 N–H and O–H groups in total. The zero-order valence-corrected chi connectivity index (χ0v) is 9.80. The molecule has 1 aliphatic heterocycles. The Labute approximate surface area is 97.9 Å². The van der Waals surface area contributed by atoms with Crippen LogP contribution in [0, 0.1) is 0 Å². The van der Waals surface area contributed by atoms with E-state index >= 15 is 0 Å². The van der Waals surface area contributed by atoms with E-state index in [2.05, 4.69) is 10.3 Å². The van der Waals surface area contributed by atoms with Crippen LogP contribution in [0.5, 0.6) is 0 Å². The first-order valence-corrected chi connectivity index (χ1v) is 6.71. The van der Waals surface area contributed by atoms with Gasteiger partial charge in [0, 0.05) is 13.1 Å². The van der Waals surface area contributed by atoms with E-state index in [1.54, 1.807) is 0 Å². The van der Waals surface area contributed by atoms with Gasteiger partial charge in [0.15, 0.2) is 5.69 Å². The van der Waals surface area contributed by atoms with Crippen molar-refractivity contribution >= 4 is 16.0 Å². The summed E-state index contributed by atoms with van der Waals surface area (Å²) < 4.78 is 25.7. The lowest BCUT2D eigenvalue weighted by atomic mass is 10.4. The number of aromatic carboxylic acids is 1. The third-order valence-corrected chi connectivity index (χ3v) is 4.50. The molecule has 2 heterocycles. The van der Waals surface area contributed by atoms with Crippen LogP contribution in [0.4, 0.5) is 0 Å². The molecule has 0 bridgehead atoms. The van der Waals surface area contributed by atoms with Crippen LogP contribution in [0.1, 0.15) is 16.9 Å². The van der Waals surface area contributed by atoms with E-state index in [4.69, 9.17) is 5.11 Å². The highest BCUT2D eigenvalue weighted by Crippen LogP contribution is 2.12. The van der Waals surface area contributed by atoms with Gasteiger partial charge in [-0.05, 0) is 6.42 Å². The second kappa shape index (κ2) is 4.41. The van der Waals surface area contributed by atoms with Gasteiger partial charge >= 0.3 is 5.97 Å². The van der Waals surface area contributed by atoms with E-state index in [0.29, 0.717) is 26.1 Å². The topological polar surface area (TPSA) is 105 Å². The molecule has 1 saturated heterocycles. The molecule has 1 aromatic heterocycles. The molecule has 0 aromatic carbocycles. The fourth-order valence-electron chi connectivity index (χ4n) is 1.66. The third-order valence-electron chi connectivity index (χ3n) is 2.54. The Morgan fingerprint density at radius 1 is 1.47 bits per heavy atom. The lowest BCUT2D eigenvalue weighted by Gasteiger charge is -2.13. The molecule has 0 radical (unpaired) electrons. The van der Waals surface area contributed by atoms with Crippen LogP contribution < -0.4 is 0 Å². The van der Waals surface area contributed by atoms with Gasteiger partial charge in [0.2, 0.25) is 10.0 Å². The first-order chi connectivity index (χ1) is 7.99. The van der Waals surface area contributed by atoms with Crippen LogP contribution >= 0.6 is 0 Å². The summed E-state index contributed by atoms with van der Waals surface area (Å²) in [6.45, 7) is 1.12. The van der Waals surface area contributed by atoms with Gasteiger partial charge in [0.25, 0.3) is 0 Å². The van der Waals surface area contributed by atoms with Crippen molar-refractivity contribution in [3.05, 3.63) is 11.9 Å². The Kier molecular flexibility index (Phi) is 3.11. The fourth-order valence-corrected chi connectivity index (χ4v) is 3.18. The molecule has 2 rings (SSSR count). The molecule has 1 fully saturated rings. The van der Waals surface area contributed by atoms with Crippen molar-refractivity contribution in [1.29, 1.82) is 0 Å². The van der Waals surface area contributed by atoms with E-state index in [-0.39, 0.29) is 11.4 Å². The second-order valence-corrected chi connectivity index (χ2v) is 5.83. The number of aromatic nitrogens is 3. The second-order valence-electron chi connectivity index (χ2n) is 3.74. The van der Waals surface area contributed by atoms with Gasteiger partial charge < -0.3 is 5.11 Å². The minimum atomic E-state index is -3.11.